The minimum Gasteiger partial charge on any atom is -0.491 e. The molecule has 4 aromatic heterocycles. The zero-order chi connectivity index (χ0) is 30.9. The van der Waals surface area contributed by atoms with E-state index in [1.165, 1.54) is 4.52 Å². The molecule has 13 heteroatoms. The molecule has 0 radical (unpaired) electrons. The normalized spacial score (nSPS) is 16.0. The molecule has 6 aromatic rings. The van der Waals surface area contributed by atoms with Gasteiger partial charge in [0.2, 0.25) is 11.8 Å². The molecular formula is C32H33N9O4. The van der Waals surface area contributed by atoms with Crippen LogP contribution in [-0.2, 0) is 9.53 Å². The third-order valence-electron chi connectivity index (χ3n) is 8.05. The number of nitrogens with zero attached hydrogens (tertiary/aromatic N) is 8. The van der Waals surface area contributed by atoms with Crippen LogP contribution in [0.2, 0.25) is 0 Å². The number of nitrogen functional groups attached to an aromatic ring is 1. The Hall–Kier alpha value is -5.43. The maximum absolute atomic E-state index is 14.4. The number of ether oxygens (including phenoxy) is 2. The van der Waals surface area contributed by atoms with Crippen LogP contribution in [0.5, 0.6) is 5.75 Å². The summed E-state index contributed by atoms with van der Waals surface area (Å²) in [4.78, 5) is 27.9. The topological polar surface area (TPSA) is 142 Å². The van der Waals surface area contributed by atoms with Crippen LogP contribution in [0, 0.1) is 0 Å². The van der Waals surface area contributed by atoms with Crippen LogP contribution in [0.25, 0.3) is 28.3 Å². The van der Waals surface area contributed by atoms with Crippen LogP contribution in [0.3, 0.4) is 0 Å². The molecule has 230 valence electrons. The fourth-order valence-corrected chi connectivity index (χ4v) is 5.84. The summed E-state index contributed by atoms with van der Waals surface area (Å²) in [6.45, 7) is 4.94. The van der Waals surface area contributed by atoms with Crippen LogP contribution < -0.4 is 15.4 Å². The monoisotopic (exact) mass is 607 g/mol. The van der Waals surface area contributed by atoms with Crippen molar-refractivity contribution in [1.29, 1.82) is 0 Å². The van der Waals surface area contributed by atoms with E-state index in [4.69, 9.17) is 19.6 Å². The first kappa shape index (κ1) is 28.3. The van der Waals surface area contributed by atoms with E-state index < -0.39 is 6.04 Å². The Labute approximate surface area is 258 Å². The first-order chi connectivity index (χ1) is 22.0. The fourth-order valence-electron chi connectivity index (χ4n) is 5.84. The van der Waals surface area contributed by atoms with Gasteiger partial charge in [-0.2, -0.15) is 14.6 Å². The van der Waals surface area contributed by atoms with Gasteiger partial charge >= 0.3 is 0 Å². The summed E-state index contributed by atoms with van der Waals surface area (Å²) in [7, 11) is 1.65. The summed E-state index contributed by atoms with van der Waals surface area (Å²) in [6, 6.07) is 20.5. The molecule has 1 amide bonds. The quantitative estimate of drug-likeness (QED) is 0.242. The Balaban J connectivity index is 1.18. The highest BCUT2D eigenvalue weighted by Crippen LogP contribution is 2.30. The van der Waals surface area contributed by atoms with Gasteiger partial charge in [0, 0.05) is 38.5 Å². The number of carbonyl (C=O) groups excluding carboxylic acids is 1. The molecule has 2 N–H and O–H groups in total. The first-order valence-electron chi connectivity index (χ1n) is 14.8. The lowest BCUT2D eigenvalue weighted by atomic mass is 10.0. The minimum atomic E-state index is -0.757. The van der Waals surface area contributed by atoms with Crippen LogP contribution >= 0.6 is 0 Å². The maximum Gasteiger partial charge on any atom is 0.252 e. The van der Waals surface area contributed by atoms with E-state index in [2.05, 4.69) is 44.1 Å². The summed E-state index contributed by atoms with van der Waals surface area (Å²) in [6.07, 6.45) is 3.22. The van der Waals surface area contributed by atoms with Crippen LogP contribution in [-0.4, -0.2) is 86.2 Å². The average molecular weight is 608 g/mol. The Morgan fingerprint density at radius 3 is 2.58 bits per heavy atom. The predicted octanol–water partition coefficient (Wildman–Crippen LogP) is 3.67. The molecule has 45 heavy (non-hydrogen) atoms. The number of carbonyl (C=O) groups is 1. The largest absolute Gasteiger partial charge is 0.491 e. The maximum atomic E-state index is 14.4. The van der Waals surface area contributed by atoms with E-state index in [9.17, 15) is 4.79 Å². The van der Waals surface area contributed by atoms with Gasteiger partial charge in [-0.1, -0.05) is 30.3 Å². The van der Waals surface area contributed by atoms with E-state index in [0.717, 1.165) is 17.0 Å². The summed E-state index contributed by atoms with van der Waals surface area (Å²) in [5, 5.41) is 9.79. The van der Waals surface area contributed by atoms with Gasteiger partial charge in [-0.3, -0.25) is 4.79 Å². The van der Waals surface area contributed by atoms with E-state index in [1.54, 1.807) is 36.4 Å². The van der Waals surface area contributed by atoms with Crippen molar-refractivity contribution in [1.82, 2.24) is 34.3 Å². The molecule has 0 unspecified atom stereocenters. The third-order valence-corrected chi connectivity index (χ3v) is 8.05. The SMILES string of the molecule is COCCOc1ccc(N2CCN(C(=O)[C@@H](c3ccccc3)n3ncc4c3nc(N)n3nc(-c5ccco5)nc43)C[C@@H]2C)cc1. The standard InChI is InChI=1S/C32H33N9O4/c1-21-20-38(14-15-39(21)23-10-12-24(13-11-23)44-18-17-43-2)31(42)27(22-7-4-3-5-8-22)40-30-25(19-34-40)29-35-28(26-9-6-16-45-26)37-41(29)32(33)36-30/h3-13,16,19,21,27H,14-15,17-18,20H2,1-2H3,(H2,33,36)/t21-,27+/m0/s1. The van der Waals surface area contributed by atoms with Gasteiger partial charge < -0.3 is 29.4 Å². The van der Waals surface area contributed by atoms with Crippen molar-refractivity contribution in [3.8, 4) is 17.3 Å². The molecule has 2 aromatic carbocycles. The van der Waals surface area contributed by atoms with Crippen molar-refractivity contribution in [3.63, 3.8) is 0 Å². The van der Waals surface area contributed by atoms with Crippen LogP contribution in [0.4, 0.5) is 11.6 Å². The molecular weight excluding hydrogens is 574 g/mol. The van der Waals surface area contributed by atoms with E-state index in [-0.39, 0.29) is 17.9 Å². The summed E-state index contributed by atoms with van der Waals surface area (Å²) in [5.74, 6) is 1.74. The van der Waals surface area contributed by atoms with Gasteiger partial charge in [-0.15, -0.1) is 5.10 Å². The van der Waals surface area contributed by atoms with E-state index >= 15 is 0 Å². The number of nitrogens with two attached hydrogens (primary N) is 1. The second-order valence-corrected chi connectivity index (χ2v) is 10.9. The summed E-state index contributed by atoms with van der Waals surface area (Å²) >= 11 is 0. The Kier molecular flexibility index (Phi) is 7.51. The van der Waals surface area contributed by atoms with Crippen molar-refractivity contribution in [2.45, 2.75) is 19.0 Å². The molecule has 1 saturated heterocycles. The van der Waals surface area contributed by atoms with Crippen molar-refractivity contribution in [2.75, 3.05) is 50.6 Å². The first-order valence-corrected chi connectivity index (χ1v) is 14.8. The number of amides is 1. The molecule has 5 heterocycles. The molecule has 13 nitrogen and oxygen atoms in total. The molecule has 2 atom stereocenters. The Morgan fingerprint density at radius 1 is 1.02 bits per heavy atom. The second-order valence-electron chi connectivity index (χ2n) is 10.9. The number of methoxy groups -OCH3 is 1. The van der Waals surface area contributed by atoms with Gasteiger partial charge in [0.05, 0.1) is 24.5 Å². The van der Waals surface area contributed by atoms with Crippen molar-refractivity contribution in [3.05, 3.63) is 84.8 Å². The highest BCUT2D eigenvalue weighted by molar-refractivity contribution is 5.92. The zero-order valence-corrected chi connectivity index (χ0v) is 25.0. The molecule has 0 aliphatic carbocycles. The van der Waals surface area contributed by atoms with E-state index in [0.29, 0.717) is 61.1 Å². The van der Waals surface area contributed by atoms with Crippen molar-refractivity contribution in [2.24, 2.45) is 0 Å². The predicted molar refractivity (Wildman–Crippen MR) is 168 cm³/mol. The molecule has 1 aliphatic heterocycles. The number of hydrogen-bond donors (Lipinski definition) is 1. The summed E-state index contributed by atoms with van der Waals surface area (Å²) in [5.41, 5.74) is 9.17. The Bertz CT molecular complexity index is 1920. The minimum absolute atomic E-state index is 0.0717. The lowest BCUT2D eigenvalue weighted by Crippen LogP contribution is -2.55. The number of hydrogen-bond acceptors (Lipinski definition) is 10. The lowest BCUT2D eigenvalue weighted by Gasteiger charge is -2.42. The molecule has 1 aliphatic rings. The van der Waals surface area contributed by atoms with Gasteiger partial charge in [0.15, 0.2) is 23.1 Å². The smallest absolute Gasteiger partial charge is 0.252 e. The van der Waals surface area contributed by atoms with Crippen molar-refractivity contribution < 1.29 is 18.7 Å². The molecule has 7 rings (SSSR count). The molecule has 0 spiro atoms. The average Bonchev–Trinajstić information content (AvgIpc) is 3.83. The number of piperazine rings is 1. The number of anilines is 2. The number of furan rings is 1. The third kappa shape index (κ3) is 5.31. The van der Waals surface area contributed by atoms with Crippen LogP contribution in [0.15, 0.2) is 83.6 Å². The number of fused-ring (bicyclic) bond motifs is 3. The zero-order valence-electron chi connectivity index (χ0n) is 25.0. The van der Waals surface area contributed by atoms with Crippen LogP contribution in [0.1, 0.15) is 18.5 Å². The van der Waals surface area contributed by atoms with E-state index in [1.807, 2.05) is 47.4 Å². The fraction of sp³-hybridized carbons (Fsp3) is 0.281. The molecule has 0 bridgehead atoms. The van der Waals surface area contributed by atoms with Gasteiger partial charge in [0.1, 0.15) is 12.4 Å². The molecule has 1 fully saturated rings. The molecule has 0 saturated carbocycles. The van der Waals surface area contributed by atoms with Crippen molar-refractivity contribution >= 4 is 34.2 Å². The van der Waals surface area contributed by atoms with Gasteiger partial charge in [0.25, 0.3) is 5.91 Å². The highest BCUT2D eigenvalue weighted by Gasteiger charge is 2.34. The lowest BCUT2D eigenvalue weighted by molar-refractivity contribution is -0.134. The summed E-state index contributed by atoms with van der Waals surface area (Å²) < 4.78 is 19.4. The second kappa shape index (κ2) is 11.9. The Morgan fingerprint density at radius 2 is 1.84 bits per heavy atom. The van der Waals surface area contributed by atoms with Gasteiger partial charge in [-0.05, 0) is 48.9 Å². The van der Waals surface area contributed by atoms with Gasteiger partial charge in [-0.25, -0.2) is 9.67 Å². The number of aromatic nitrogens is 6. The number of benzene rings is 2. The number of rotatable bonds is 9. The highest BCUT2D eigenvalue weighted by atomic mass is 16.5.